The standard InChI is InChI=1S/C13H24N2O3/c1-5-7-8-14-11(17)15-13(9-12(13,3)4)10(16)18-6-2/h5-9H2,1-4H3,(H2,14,15,17). The number of carbonyl (C=O) groups is 2. The summed E-state index contributed by atoms with van der Waals surface area (Å²) < 4.78 is 5.05. The SMILES string of the molecule is CCCCNC(=O)NC1(C(=O)OCC)CC1(C)C. The van der Waals surface area contributed by atoms with E-state index in [4.69, 9.17) is 4.74 Å². The van der Waals surface area contributed by atoms with Crippen LogP contribution in [-0.4, -0.2) is 30.7 Å². The fourth-order valence-electron chi connectivity index (χ4n) is 2.10. The summed E-state index contributed by atoms with van der Waals surface area (Å²) in [5.74, 6) is -0.333. The minimum absolute atomic E-state index is 0.235. The van der Waals surface area contributed by atoms with Gasteiger partial charge in [-0.3, -0.25) is 0 Å². The Balaban J connectivity index is 2.55. The third-order valence-corrected chi connectivity index (χ3v) is 3.50. The molecule has 0 heterocycles. The van der Waals surface area contributed by atoms with Crippen molar-refractivity contribution in [3.63, 3.8) is 0 Å². The fraction of sp³-hybridized carbons (Fsp3) is 0.846. The van der Waals surface area contributed by atoms with Gasteiger partial charge in [-0.05, 0) is 19.8 Å². The van der Waals surface area contributed by atoms with Crippen molar-refractivity contribution in [2.75, 3.05) is 13.2 Å². The predicted octanol–water partition coefficient (Wildman–Crippen LogP) is 1.82. The molecule has 0 aromatic rings. The highest BCUT2D eigenvalue weighted by molar-refractivity contribution is 5.91. The van der Waals surface area contributed by atoms with Gasteiger partial charge in [0.15, 0.2) is 0 Å². The topological polar surface area (TPSA) is 67.4 Å². The van der Waals surface area contributed by atoms with E-state index in [9.17, 15) is 9.59 Å². The first kappa shape index (κ1) is 14.8. The molecule has 0 saturated heterocycles. The normalized spacial score (nSPS) is 24.2. The highest BCUT2D eigenvalue weighted by atomic mass is 16.5. The summed E-state index contributed by atoms with van der Waals surface area (Å²) in [5.41, 5.74) is -1.08. The van der Waals surface area contributed by atoms with Crippen LogP contribution < -0.4 is 10.6 Å². The number of esters is 1. The zero-order valence-corrected chi connectivity index (χ0v) is 11.8. The van der Waals surface area contributed by atoms with Crippen molar-refractivity contribution in [1.29, 1.82) is 0 Å². The lowest BCUT2D eigenvalue weighted by Gasteiger charge is -2.20. The van der Waals surface area contributed by atoms with E-state index >= 15 is 0 Å². The van der Waals surface area contributed by atoms with Crippen molar-refractivity contribution >= 4 is 12.0 Å². The molecule has 2 N–H and O–H groups in total. The molecule has 1 rings (SSSR count). The van der Waals surface area contributed by atoms with Gasteiger partial charge in [0.1, 0.15) is 5.54 Å². The summed E-state index contributed by atoms with van der Waals surface area (Å²) in [4.78, 5) is 23.7. The molecule has 104 valence electrons. The Labute approximate surface area is 109 Å². The molecular formula is C13H24N2O3. The summed E-state index contributed by atoms with van der Waals surface area (Å²) >= 11 is 0. The number of carbonyl (C=O) groups excluding carboxylic acids is 2. The van der Waals surface area contributed by atoms with Crippen molar-refractivity contribution in [2.24, 2.45) is 5.41 Å². The molecule has 0 aliphatic heterocycles. The van der Waals surface area contributed by atoms with E-state index in [1.807, 2.05) is 13.8 Å². The molecule has 5 heteroatoms. The van der Waals surface area contributed by atoms with E-state index in [2.05, 4.69) is 17.6 Å². The second kappa shape index (κ2) is 5.59. The fourth-order valence-corrected chi connectivity index (χ4v) is 2.10. The Hall–Kier alpha value is -1.26. The molecule has 2 amide bonds. The van der Waals surface area contributed by atoms with Crippen molar-refractivity contribution in [3.8, 4) is 0 Å². The first-order chi connectivity index (χ1) is 8.39. The number of rotatable bonds is 6. The summed E-state index contributed by atoms with van der Waals surface area (Å²) in [6.07, 6.45) is 2.58. The Morgan fingerprint density at radius 3 is 2.33 bits per heavy atom. The first-order valence-corrected chi connectivity index (χ1v) is 6.63. The summed E-state index contributed by atoms with van der Waals surface area (Å²) in [6, 6.07) is -0.290. The van der Waals surface area contributed by atoms with Crippen LogP contribution in [0.2, 0.25) is 0 Å². The van der Waals surface area contributed by atoms with E-state index in [0.717, 1.165) is 12.8 Å². The summed E-state index contributed by atoms with van der Waals surface area (Å²) in [5, 5.41) is 5.53. The summed E-state index contributed by atoms with van der Waals surface area (Å²) in [6.45, 7) is 8.69. The first-order valence-electron chi connectivity index (χ1n) is 6.63. The number of ether oxygens (including phenoxy) is 1. The molecule has 0 bridgehead atoms. The lowest BCUT2D eigenvalue weighted by atomic mass is 10.1. The number of hydrogen-bond acceptors (Lipinski definition) is 3. The number of nitrogens with one attached hydrogen (secondary N) is 2. The quantitative estimate of drug-likeness (QED) is 0.562. The maximum atomic E-state index is 11.9. The Morgan fingerprint density at radius 2 is 1.89 bits per heavy atom. The minimum atomic E-state index is -0.848. The van der Waals surface area contributed by atoms with E-state index in [-0.39, 0.29) is 17.4 Å². The molecule has 1 aliphatic rings. The third-order valence-electron chi connectivity index (χ3n) is 3.50. The monoisotopic (exact) mass is 256 g/mol. The average Bonchev–Trinajstić information content (AvgIpc) is 2.82. The molecule has 1 saturated carbocycles. The molecule has 1 aliphatic carbocycles. The number of amides is 2. The molecule has 5 nitrogen and oxygen atoms in total. The van der Waals surface area contributed by atoms with E-state index in [0.29, 0.717) is 19.6 Å². The third kappa shape index (κ3) is 2.94. The zero-order valence-electron chi connectivity index (χ0n) is 11.8. The molecule has 1 atom stereocenters. The van der Waals surface area contributed by atoms with Gasteiger partial charge in [0.2, 0.25) is 0 Å². The largest absolute Gasteiger partial charge is 0.464 e. The van der Waals surface area contributed by atoms with Crippen LogP contribution in [0.25, 0.3) is 0 Å². The van der Waals surface area contributed by atoms with E-state index in [1.54, 1.807) is 6.92 Å². The van der Waals surface area contributed by atoms with Crippen LogP contribution in [0.15, 0.2) is 0 Å². The molecule has 0 radical (unpaired) electrons. The molecule has 1 unspecified atom stereocenters. The molecule has 0 aromatic carbocycles. The maximum Gasteiger partial charge on any atom is 0.332 e. The van der Waals surface area contributed by atoms with E-state index < -0.39 is 5.54 Å². The molecule has 18 heavy (non-hydrogen) atoms. The Kier molecular flexibility index (Phi) is 4.59. The lowest BCUT2D eigenvalue weighted by molar-refractivity contribution is -0.147. The number of urea groups is 1. The van der Waals surface area contributed by atoms with Crippen LogP contribution in [0, 0.1) is 5.41 Å². The van der Waals surface area contributed by atoms with Gasteiger partial charge in [0.05, 0.1) is 6.61 Å². The van der Waals surface area contributed by atoms with Gasteiger partial charge >= 0.3 is 12.0 Å². The molecule has 1 fully saturated rings. The van der Waals surface area contributed by atoms with Gasteiger partial charge in [-0.1, -0.05) is 27.2 Å². The molecular weight excluding hydrogens is 232 g/mol. The molecule has 0 spiro atoms. The maximum absolute atomic E-state index is 11.9. The van der Waals surface area contributed by atoms with Gasteiger partial charge < -0.3 is 15.4 Å². The van der Waals surface area contributed by atoms with Gasteiger partial charge in [0.25, 0.3) is 0 Å². The van der Waals surface area contributed by atoms with Crippen LogP contribution in [0.4, 0.5) is 4.79 Å². The second-order valence-corrected chi connectivity index (χ2v) is 5.42. The van der Waals surface area contributed by atoms with Crippen molar-refractivity contribution in [2.45, 2.75) is 52.5 Å². The lowest BCUT2D eigenvalue weighted by Crippen LogP contribution is -2.51. The van der Waals surface area contributed by atoms with Crippen molar-refractivity contribution in [1.82, 2.24) is 10.6 Å². The van der Waals surface area contributed by atoms with Gasteiger partial charge in [-0.15, -0.1) is 0 Å². The molecule has 0 aromatic heterocycles. The smallest absolute Gasteiger partial charge is 0.332 e. The summed E-state index contributed by atoms with van der Waals surface area (Å²) in [7, 11) is 0. The van der Waals surface area contributed by atoms with Crippen molar-refractivity contribution in [3.05, 3.63) is 0 Å². The van der Waals surface area contributed by atoms with Crippen LogP contribution >= 0.6 is 0 Å². The predicted molar refractivity (Wildman–Crippen MR) is 69.2 cm³/mol. The number of hydrogen-bond donors (Lipinski definition) is 2. The Morgan fingerprint density at radius 1 is 1.28 bits per heavy atom. The van der Waals surface area contributed by atoms with Gasteiger partial charge in [-0.2, -0.15) is 0 Å². The van der Waals surface area contributed by atoms with Gasteiger partial charge in [-0.25, -0.2) is 9.59 Å². The highest BCUT2D eigenvalue weighted by Gasteiger charge is 2.68. The minimum Gasteiger partial charge on any atom is -0.464 e. The van der Waals surface area contributed by atoms with Crippen LogP contribution in [0.3, 0.4) is 0 Å². The average molecular weight is 256 g/mol. The number of unbranched alkanes of at least 4 members (excludes halogenated alkanes) is 1. The Bertz CT molecular complexity index is 328. The van der Waals surface area contributed by atoms with Crippen LogP contribution in [0.1, 0.15) is 47.0 Å². The zero-order chi connectivity index (χ0) is 13.8. The van der Waals surface area contributed by atoms with E-state index in [1.165, 1.54) is 0 Å². The highest BCUT2D eigenvalue weighted by Crippen LogP contribution is 2.56. The van der Waals surface area contributed by atoms with Crippen LogP contribution in [0.5, 0.6) is 0 Å². The van der Waals surface area contributed by atoms with Gasteiger partial charge in [0, 0.05) is 12.0 Å². The van der Waals surface area contributed by atoms with Crippen LogP contribution in [-0.2, 0) is 9.53 Å². The van der Waals surface area contributed by atoms with Crippen molar-refractivity contribution < 1.29 is 14.3 Å². The second-order valence-electron chi connectivity index (χ2n) is 5.42.